The standard InChI is InChI=1S/C16H22N2O4/c1-16(15(20)17(2)21-3)10-7-11-18(12-16)22-14(19)13-8-5-4-6-9-13/h4-6,8-9H,7,10-12H2,1-3H3. The largest absolute Gasteiger partial charge is 0.364 e. The van der Waals surface area contributed by atoms with Crippen molar-refractivity contribution in [2.24, 2.45) is 5.41 Å². The molecule has 2 rings (SSSR count). The Morgan fingerprint density at radius 1 is 1.27 bits per heavy atom. The maximum absolute atomic E-state index is 12.4. The lowest BCUT2D eigenvalue weighted by molar-refractivity contribution is -0.194. The van der Waals surface area contributed by atoms with Crippen LogP contribution in [0.5, 0.6) is 0 Å². The van der Waals surface area contributed by atoms with Gasteiger partial charge in [-0.3, -0.25) is 9.63 Å². The minimum absolute atomic E-state index is 0.115. The van der Waals surface area contributed by atoms with Gasteiger partial charge in [0, 0.05) is 20.1 Å². The third kappa shape index (κ3) is 3.64. The van der Waals surface area contributed by atoms with Crippen LogP contribution in [0, 0.1) is 5.41 Å². The second-order valence-corrected chi connectivity index (χ2v) is 5.76. The predicted octanol–water partition coefficient (Wildman–Crippen LogP) is 1.88. The molecule has 0 radical (unpaired) electrons. The summed E-state index contributed by atoms with van der Waals surface area (Å²) >= 11 is 0. The molecule has 120 valence electrons. The molecule has 1 aromatic rings. The Labute approximate surface area is 130 Å². The van der Waals surface area contributed by atoms with Crippen LogP contribution < -0.4 is 0 Å². The SMILES string of the molecule is CON(C)C(=O)C1(C)CCCN(OC(=O)c2ccccc2)C1. The second-order valence-electron chi connectivity index (χ2n) is 5.76. The smallest absolute Gasteiger partial charge is 0.357 e. The molecule has 1 aliphatic heterocycles. The van der Waals surface area contributed by atoms with Crippen LogP contribution in [0.25, 0.3) is 0 Å². The van der Waals surface area contributed by atoms with Crippen molar-refractivity contribution in [3.8, 4) is 0 Å². The molecular formula is C16H22N2O4. The number of hydrogen-bond donors (Lipinski definition) is 0. The summed E-state index contributed by atoms with van der Waals surface area (Å²) in [5.74, 6) is -0.521. The Balaban J connectivity index is 2.01. The summed E-state index contributed by atoms with van der Waals surface area (Å²) in [6.45, 7) is 2.85. The van der Waals surface area contributed by atoms with Crippen molar-refractivity contribution in [3.05, 3.63) is 35.9 Å². The molecule has 6 nitrogen and oxygen atoms in total. The maximum atomic E-state index is 12.4. The summed E-state index contributed by atoms with van der Waals surface area (Å²) in [6, 6.07) is 8.82. The van der Waals surface area contributed by atoms with Gasteiger partial charge >= 0.3 is 5.97 Å². The van der Waals surface area contributed by atoms with Gasteiger partial charge in [0.15, 0.2) is 0 Å². The number of hydroxylamine groups is 4. The first-order valence-electron chi connectivity index (χ1n) is 7.31. The third-order valence-corrected chi connectivity index (χ3v) is 3.96. The average Bonchev–Trinajstić information content (AvgIpc) is 2.54. The van der Waals surface area contributed by atoms with Crippen LogP contribution in [0.3, 0.4) is 0 Å². The van der Waals surface area contributed by atoms with E-state index >= 15 is 0 Å². The minimum atomic E-state index is -0.625. The first-order valence-corrected chi connectivity index (χ1v) is 7.31. The number of rotatable bonds is 4. The van der Waals surface area contributed by atoms with Gasteiger partial charge in [-0.1, -0.05) is 18.2 Å². The van der Waals surface area contributed by atoms with E-state index in [4.69, 9.17) is 9.68 Å². The van der Waals surface area contributed by atoms with Crippen LogP contribution >= 0.6 is 0 Å². The number of hydrogen-bond acceptors (Lipinski definition) is 5. The van der Waals surface area contributed by atoms with E-state index in [9.17, 15) is 9.59 Å². The van der Waals surface area contributed by atoms with E-state index in [-0.39, 0.29) is 5.91 Å². The van der Waals surface area contributed by atoms with E-state index in [1.165, 1.54) is 12.2 Å². The number of piperidine rings is 1. The molecule has 1 heterocycles. The van der Waals surface area contributed by atoms with E-state index in [2.05, 4.69) is 0 Å². The van der Waals surface area contributed by atoms with E-state index < -0.39 is 11.4 Å². The molecule has 0 aliphatic carbocycles. The first-order chi connectivity index (χ1) is 10.5. The molecule has 1 aliphatic rings. The molecule has 1 unspecified atom stereocenters. The van der Waals surface area contributed by atoms with Gasteiger partial charge in [-0.05, 0) is 31.9 Å². The lowest BCUT2D eigenvalue weighted by Gasteiger charge is -2.39. The molecule has 1 atom stereocenters. The van der Waals surface area contributed by atoms with Crippen molar-refractivity contribution in [2.75, 3.05) is 27.2 Å². The Morgan fingerprint density at radius 2 is 1.95 bits per heavy atom. The number of benzene rings is 1. The maximum Gasteiger partial charge on any atom is 0.357 e. The lowest BCUT2D eigenvalue weighted by atomic mass is 9.81. The average molecular weight is 306 g/mol. The summed E-state index contributed by atoms with van der Waals surface area (Å²) < 4.78 is 0. The Morgan fingerprint density at radius 3 is 2.59 bits per heavy atom. The summed E-state index contributed by atoms with van der Waals surface area (Å²) in [5.41, 5.74) is -0.130. The van der Waals surface area contributed by atoms with Crippen LogP contribution in [0.2, 0.25) is 0 Å². The summed E-state index contributed by atoms with van der Waals surface area (Å²) in [6.07, 6.45) is 1.51. The van der Waals surface area contributed by atoms with Gasteiger partial charge in [0.25, 0.3) is 5.91 Å². The predicted molar refractivity (Wildman–Crippen MR) is 80.6 cm³/mol. The zero-order valence-corrected chi connectivity index (χ0v) is 13.2. The monoisotopic (exact) mass is 306 g/mol. The molecule has 0 bridgehead atoms. The Kier molecular flexibility index (Phi) is 5.15. The minimum Gasteiger partial charge on any atom is -0.364 e. The van der Waals surface area contributed by atoms with Crippen molar-refractivity contribution in [2.45, 2.75) is 19.8 Å². The molecule has 0 aromatic heterocycles. The van der Waals surface area contributed by atoms with Gasteiger partial charge in [-0.2, -0.15) is 0 Å². The molecule has 1 fully saturated rings. The molecule has 22 heavy (non-hydrogen) atoms. The fourth-order valence-corrected chi connectivity index (χ4v) is 2.65. The number of carbonyl (C=O) groups excluding carboxylic acids is 2. The molecule has 1 aromatic carbocycles. The van der Waals surface area contributed by atoms with Gasteiger partial charge in [-0.15, -0.1) is 5.06 Å². The van der Waals surface area contributed by atoms with E-state index in [0.29, 0.717) is 18.7 Å². The van der Waals surface area contributed by atoms with E-state index in [1.54, 1.807) is 36.4 Å². The van der Waals surface area contributed by atoms with Gasteiger partial charge in [0.2, 0.25) is 0 Å². The number of nitrogens with zero attached hydrogens (tertiary/aromatic N) is 2. The van der Waals surface area contributed by atoms with E-state index in [1.807, 2.05) is 13.0 Å². The molecule has 1 amide bonds. The van der Waals surface area contributed by atoms with Crippen molar-refractivity contribution in [1.82, 2.24) is 10.1 Å². The molecule has 6 heteroatoms. The zero-order chi connectivity index (χ0) is 16.2. The molecular weight excluding hydrogens is 284 g/mol. The van der Waals surface area contributed by atoms with Gasteiger partial charge in [0.1, 0.15) is 0 Å². The molecule has 0 saturated carbocycles. The van der Waals surface area contributed by atoms with Crippen LogP contribution in [0.15, 0.2) is 30.3 Å². The topological polar surface area (TPSA) is 59.1 Å². The van der Waals surface area contributed by atoms with Gasteiger partial charge in [0.05, 0.1) is 18.1 Å². The normalized spacial score (nSPS) is 22.1. The quantitative estimate of drug-likeness (QED) is 0.795. The second kappa shape index (κ2) is 6.89. The van der Waals surface area contributed by atoms with Crippen molar-refractivity contribution in [1.29, 1.82) is 0 Å². The van der Waals surface area contributed by atoms with Gasteiger partial charge < -0.3 is 4.84 Å². The number of amides is 1. The molecule has 0 N–H and O–H groups in total. The highest BCUT2D eigenvalue weighted by Gasteiger charge is 2.41. The summed E-state index contributed by atoms with van der Waals surface area (Å²) in [5, 5.41) is 2.79. The number of carbonyl (C=O) groups is 2. The molecule has 0 spiro atoms. The van der Waals surface area contributed by atoms with Crippen LogP contribution in [0.1, 0.15) is 30.1 Å². The zero-order valence-electron chi connectivity index (χ0n) is 13.2. The highest BCUT2D eigenvalue weighted by Crippen LogP contribution is 2.31. The first kappa shape index (κ1) is 16.5. The third-order valence-electron chi connectivity index (χ3n) is 3.96. The Hall–Kier alpha value is -1.92. The van der Waals surface area contributed by atoms with Crippen LogP contribution in [-0.4, -0.2) is 49.2 Å². The summed E-state index contributed by atoms with van der Waals surface area (Å²) in [7, 11) is 3.04. The van der Waals surface area contributed by atoms with Gasteiger partial charge in [-0.25, -0.2) is 9.86 Å². The highest BCUT2D eigenvalue weighted by atomic mass is 16.7. The lowest BCUT2D eigenvalue weighted by Crippen LogP contribution is -2.50. The van der Waals surface area contributed by atoms with Crippen molar-refractivity contribution in [3.63, 3.8) is 0 Å². The fraction of sp³-hybridized carbons (Fsp3) is 0.500. The fourth-order valence-electron chi connectivity index (χ4n) is 2.65. The molecule has 1 saturated heterocycles. The summed E-state index contributed by atoms with van der Waals surface area (Å²) in [4.78, 5) is 34.9. The van der Waals surface area contributed by atoms with Crippen LogP contribution in [-0.2, 0) is 14.5 Å². The van der Waals surface area contributed by atoms with Crippen LogP contribution in [0.4, 0.5) is 0 Å². The van der Waals surface area contributed by atoms with Crippen molar-refractivity contribution < 1.29 is 19.3 Å². The Bertz CT molecular complexity index is 534. The highest BCUT2D eigenvalue weighted by molar-refractivity contribution is 5.89. The van der Waals surface area contributed by atoms with E-state index in [0.717, 1.165) is 12.8 Å². The van der Waals surface area contributed by atoms with Crippen molar-refractivity contribution >= 4 is 11.9 Å².